The third kappa shape index (κ3) is 4.58. The van der Waals surface area contributed by atoms with Gasteiger partial charge in [-0.2, -0.15) is 10.4 Å². The minimum Gasteiger partial charge on any atom is -0.462 e. The lowest BCUT2D eigenvalue weighted by molar-refractivity contribution is -0.117. The van der Waals surface area contributed by atoms with Crippen LogP contribution in [-0.4, -0.2) is 65.9 Å². The Morgan fingerprint density at radius 3 is 2.70 bits per heavy atom. The van der Waals surface area contributed by atoms with Crippen LogP contribution in [0.5, 0.6) is 0 Å². The Morgan fingerprint density at radius 2 is 2.03 bits per heavy atom. The molecule has 1 aliphatic rings. The second kappa shape index (κ2) is 9.37. The number of halogens is 1. The number of hydrogen-bond acceptors (Lipinski definition) is 7. The standard InChI is InChI=1S/C20H23FN6O3/c1-3-30-20(29)15-12-23-25(2)19(15)24-18(28)13-26-7-9-27(10-8-26)17-6-4-5-16(21)14(17)11-22/h4-6,12H,3,7-10,13H2,1-2H3,(H,24,28). The maximum absolute atomic E-state index is 13.9. The van der Waals surface area contributed by atoms with Gasteiger partial charge in [0.05, 0.1) is 25.0 Å². The number of piperazine rings is 1. The van der Waals surface area contributed by atoms with Crippen LogP contribution in [0.15, 0.2) is 24.4 Å². The van der Waals surface area contributed by atoms with Crippen molar-refractivity contribution in [3.05, 3.63) is 41.3 Å². The molecule has 0 radical (unpaired) electrons. The average Bonchev–Trinajstić information content (AvgIpc) is 3.09. The Bertz CT molecular complexity index is 975. The van der Waals surface area contributed by atoms with Crippen LogP contribution >= 0.6 is 0 Å². The van der Waals surface area contributed by atoms with Crippen LogP contribution in [-0.2, 0) is 16.6 Å². The van der Waals surface area contributed by atoms with Crippen LogP contribution in [0.1, 0.15) is 22.8 Å². The summed E-state index contributed by atoms with van der Waals surface area (Å²) in [5.41, 5.74) is 0.801. The molecule has 0 unspecified atom stereocenters. The fourth-order valence-electron chi connectivity index (χ4n) is 3.35. The van der Waals surface area contributed by atoms with Crippen LogP contribution < -0.4 is 10.2 Å². The number of rotatable bonds is 6. The molecular formula is C20H23FN6O3. The van der Waals surface area contributed by atoms with E-state index in [0.717, 1.165) is 0 Å². The maximum atomic E-state index is 13.9. The summed E-state index contributed by atoms with van der Waals surface area (Å²) in [6.07, 6.45) is 1.36. The summed E-state index contributed by atoms with van der Waals surface area (Å²) in [5, 5.41) is 16.0. The topological polar surface area (TPSA) is 103 Å². The minimum atomic E-state index is -0.544. The largest absolute Gasteiger partial charge is 0.462 e. The summed E-state index contributed by atoms with van der Waals surface area (Å²) in [5.74, 6) is -1.07. The van der Waals surface area contributed by atoms with E-state index >= 15 is 0 Å². The lowest BCUT2D eigenvalue weighted by Crippen LogP contribution is -2.49. The van der Waals surface area contributed by atoms with E-state index in [2.05, 4.69) is 10.4 Å². The van der Waals surface area contributed by atoms with Crippen molar-refractivity contribution in [3.63, 3.8) is 0 Å². The molecule has 0 atom stereocenters. The van der Waals surface area contributed by atoms with Crippen LogP contribution in [0, 0.1) is 17.1 Å². The smallest absolute Gasteiger partial charge is 0.343 e. The fraction of sp³-hybridized carbons (Fsp3) is 0.400. The van der Waals surface area contributed by atoms with Crippen molar-refractivity contribution >= 4 is 23.4 Å². The van der Waals surface area contributed by atoms with Crippen molar-refractivity contribution in [3.8, 4) is 6.07 Å². The molecule has 0 aliphatic carbocycles. The zero-order valence-electron chi connectivity index (χ0n) is 16.9. The maximum Gasteiger partial charge on any atom is 0.343 e. The fourth-order valence-corrected chi connectivity index (χ4v) is 3.35. The summed E-state index contributed by atoms with van der Waals surface area (Å²) in [7, 11) is 1.63. The van der Waals surface area contributed by atoms with E-state index in [9.17, 15) is 19.2 Å². The molecule has 158 valence electrons. The summed E-state index contributed by atoms with van der Waals surface area (Å²) in [4.78, 5) is 28.4. The zero-order chi connectivity index (χ0) is 21.7. The predicted molar refractivity (Wildman–Crippen MR) is 108 cm³/mol. The van der Waals surface area contributed by atoms with E-state index in [1.54, 1.807) is 26.1 Å². The van der Waals surface area contributed by atoms with Crippen LogP contribution in [0.25, 0.3) is 0 Å². The summed E-state index contributed by atoms with van der Waals surface area (Å²) in [6.45, 7) is 4.33. The van der Waals surface area contributed by atoms with Gasteiger partial charge in [0.1, 0.15) is 28.8 Å². The number of nitrogens with one attached hydrogen (secondary N) is 1. The first-order valence-corrected chi connectivity index (χ1v) is 9.59. The summed E-state index contributed by atoms with van der Waals surface area (Å²) in [6, 6.07) is 6.50. The van der Waals surface area contributed by atoms with Crippen molar-refractivity contribution in [2.45, 2.75) is 6.92 Å². The molecule has 9 nitrogen and oxygen atoms in total. The van der Waals surface area contributed by atoms with Gasteiger partial charge in [0.25, 0.3) is 0 Å². The third-order valence-electron chi connectivity index (χ3n) is 4.88. The highest BCUT2D eigenvalue weighted by molar-refractivity contribution is 6.00. The van der Waals surface area contributed by atoms with Crippen LogP contribution in [0.2, 0.25) is 0 Å². The molecular weight excluding hydrogens is 391 g/mol. The zero-order valence-corrected chi connectivity index (χ0v) is 16.9. The number of carbonyl (C=O) groups is 2. The molecule has 1 aliphatic heterocycles. The monoisotopic (exact) mass is 414 g/mol. The number of aromatic nitrogens is 2. The molecule has 2 heterocycles. The predicted octanol–water partition coefficient (Wildman–Crippen LogP) is 1.37. The van der Waals surface area contributed by atoms with Crippen LogP contribution in [0.4, 0.5) is 15.9 Å². The van der Waals surface area contributed by atoms with Gasteiger partial charge in [-0.1, -0.05) is 6.07 Å². The summed E-state index contributed by atoms with van der Waals surface area (Å²) >= 11 is 0. The first-order valence-electron chi connectivity index (χ1n) is 9.59. The molecule has 2 aromatic rings. The molecule has 1 saturated heterocycles. The summed E-state index contributed by atoms with van der Waals surface area (Å²) < 4.78 is 20.2. The number of esters is 1. The normalized spacial score (nSPS) is 14.3. The number of anilines is 2. The Kier molecular flexibility index (Phi) is 6.64. The average molecular weight is 414 g/mol. The Hall–Kier alpha value is -3.45. The minimum absolute atomic E-state index is 0.0337. The van der Waals surface area contributed by atoms with E-state index in [1.807, 2.05) is 15.9 Å². The molecule has 10 heteroatoms. The number of nitriles is 1. The quantitative estimate of drug-likeness (QED) is 0.712. The number of carbonyl (C=O) groups excluding carboxylic acids is 2. The van der Waals surface area contributed by atoms with E-state index in [4.69, 9.17) is 4.74 Å². The molecule has 3 rings (SSSR count). The lowest BCUT2D eigenvalue weighted by atomic mass is 10.1. The van der Waals surface area contributed by atoms with Gasteiger partial charge in [-0.3, -0.25) is 14.4 Å². The Labute approximate surface area is 173 Å². The number of amides is 1. The van der Waals surface area contributed by atoms with Crippen LogP contribution in [0.3, 0.4) is 0 Å². The van der Waals surface area contributed by atoms with Gasteiger partial charge < -0.3 is 15.0 Å². The van der Waals surface area contributed by atoms with Gasteiger partial charge in [0.2, 0.25) is 5.91 Å². The van der Waals surface area contributed by atoms with Gasteiger partial charge >= 0.3 is 5.97 Å². The van der Waals surface area contributed by atoms with Gasteiger partial charge in [-0.25, -0.2) is 9.18 Å². The van der Waals surface area contributed by atoms with Gasteiger partial charge in [-0.15, -0.1) is 0 Å². The molecule has 0 saturated carbocycles. The van der Waals surface area contributed by atoms with E-state index < -0.39 is 11.8 Å². The number of nitrogens with zero attached hydrogens (tertiary/aromatic N) is 5. The number of hydrogen-bond donors (Lipinski definition) is 1. The number of benzene rings is 1. The second-order valence-electron chi connectivity index (χ2n) is 6.81. The van der Waals surface area contributed by atoms with E-state index in [1.165, 1.54) is 16.9 Å². The first-order chi connectivity index (χ1) is 14.4. The molecule has 1 amide bonds. The van der Waals surface area contributed by atoms with E-state index in [0.29, 0.717) is 31.9 Å². The van der Waals surface area contributed by atoms with Crippen molar-refractivity contribution < 1.29 is 18.7 Å². The molecule has 1 fully saturated rings. The number of ether oxygens (including phenoxy) is 1. The highest BCUT2D eigenvalue weighted by atomic mass is 19.1. The SMILES string of the molecule is CCOC(=O)c1cnn(C)c1NC(=O)CN1CCN(c2cccc(F)c2C#N)CC1. The molecule has 30 heavy (non-hydrogen) atoms. The van der Waals surface area contributed by atoms with Crippen molar-refractivity contribution in [2.75, 3.05) is 49.5 Å². The highest BCUT2D eigenvalue weighted by Gasteiger charge is 2.24. The first kappa shape index (κ1) is 21.3. The lowest BCUT2D eigenvalue weighted by Gasteiger charge is -2.36. The van der Waals surface area contributed by atoms with E-state index in [-0.39, 0.29) is 36.0 Å². The molecule has 1 N–H and O–H groups in total. The van der Waals surface area contributed by atoms with Crippen molar-refractivity contribution in [1.82, 2.24) is 14.7 Å². The third-order valence-corrected chi connectivity index (χ3v) is 4.88. The van der Waals surface area contributed by atoms with Gasteiger partial charge in [0, 0.05) is 33.2 Å². The van der Waals surface area contributed by atoms with Gasteiger partial charge in [-0.05, 0) is 19.1 Å². The highest BCUT2D eigenvalue weighted by Crippen LogP contribution is 2.23. The number of aryl methyl sites for hydroxylation is 1. The van der Waals surface area contributed by atoms with Crippen molar-refractivity contribution in [2.24, 2.45) is 7.05 Å². The Morgan fingerprint density at radius 1 is 1.30 bits per heavy atom. The molecule has 0 spiro atoms. The molecule has 1 aromatic heterocycles. The second-order valence-corrected chi connectivity index (χ2v) is 6.81. The molecule has 1 aromatic carbocycles. The molecule has 0 bridgehead atoms. The Balaban J connectivity index is 1.58. The van der Waals surface area contributed by atoms with Crippen molar-refractivity contribution in [1.29, 1.82) is 5.26 Å². The van der Waals surface area contributed by atoms with Gasteiger partial charge in [0.15, 0.2) is 0 Å².